The highest BCUT2D eigenvalue weighted by molar-refractivity contribution is 5.92. The van der Waals surface area contributed by atoms with Crippen molar-refractivity contribution in [1.29, 1.82) is 0 Å². The van der Waals surface area contributed by atoms with Crippen LogP contribution in [0.3, 0.4) is 0 Å². The number of nitrogens with zero attached hydrogens (tertiary/aromatic N) is 1. The number of carbonyl (C=O) groups is 1. The zero-order chi connectivity index (χ0) is 21.2. The molecular weight excluding hydrogens is 376 g/mol. The van der Waals surface area contributed by atoms with Crippen molar-refractivity contribution in [2.75, 3.05) is 26.0 Å². The summed E-state index contributed by atoms with van der Waals surface area (Å²) in [6.07, 6.45) is 5.16. The Kier molecular flexibility index (Phi) is 8.12. The first-order valence-corrected chi connectivity index (χ1v) is 10.7. The van der Waals surface area contributed by atoms with Crippen LogP contribution < -0.4 is 20.7 Å². The minimum absolute atomic E-state index is 0.145. The number of methoxy groups -OCH3 is 1. The number of anilines is 1. The van der Waals surface area contributed by atoms with Gasteiger partial charge in [-0.2, -0.15) is 0 Å². The molecule has 0 spiro atoms. The number of carbonyl (C=O) groups excluding carboxylic acids is 1. The molecule has 6 nitrogen and oxygen atoms in total. The van der Waals surface area contributed by atoms with E-state index in [2.05, 4.69) is 27.0 Å². The molecule has 3 N–H and O–H groups in total. The Balaban J connectivity index is 1.47. The first-order valence-electron chi connectivity index (χ1n) is 10.7. The third kappa shape index (κ3) is 6.24. The maximum atomic E-state index is 12.4. The minimum atomic E-state index is 0.145. The molecule has 3 rings (SSSR count). The number of para-hydroxylation sites is 1. The smallest absolute Gasteiger partial charge is 0.227 e. The molecule has 30 heavy (non-hydrogen) atoms. The van der Waals surface area contributed by atoms with Crippen molar-refractivity contribution in [3.8, 4) is 5.75 Å². The van der Waals surface area contributed by atoms with Crippen LogP contribution in [0.4, 0.5) is 5.69 Å². The van der Waals surface area contributed by atoms with Crippen molar-refractivity contribution in [2.45, 2.75) is 38.6 Å². The summed E-state index contributed by atoms with van der Waals surface area (Å²) in [5.41, 5.74) is 3.10. The lowest BCUT2D eigenvalue weighted by Gasteiger charge is -2.14. The summed E-state index contributed by atoms with van der Waals surface area (Å²) < 4.78 is 5.40. The van der Waals surface area contributed by atoms with E-state index in [1.54, 1.807) is 14.2 Å². The second-order valence-corrected chi connectivity index (χ2v) is 7.59. The van der Waals surface area contributed by atoms with Crippen molar-refractivity contribution < 1.29 is 9.53 Å². The van der Waals surface area contributed by atoms with Crippen molar-refractivity contribution >= 4 is 17.6 Å². The molecule has 0 aliphatic heterocycles. The zero-order valence-electron chi connectivity index (χ0n) is 17.9. The van der Waals surface area contributed by atoms with Crippen LogP contribution in [0.25, 0.3) is 0 Å². The summed E-state index contributed by atoms with van der Waals surface area (Å²) in [6, 6.07) is 16.0. The van der Waals surface area contributed by atoms with E-state index >= 15 is 0 Å². The first kappa shape index (κ1) is 21.7. The van der Waals surface area contributed by atoms with Gasteiger partial charge in [0.15, 0.2) is 5.96 Å². The summed E-state index contributed by atoms with van der Waals surface area (Å²) in [5, 5.41) is 9.73. The SMILES string of the molecule is CN=C(NCCc1ccccc1OC)NCc1cccc(NC(=O)C2CCCC2)c1. The molecule has 1 aliphatic carbocycles. The van der Waals surface area contributed by atoms with Crippen LogP contribution in [0, 0.1) is 5.92 Å². The third-order valence-corrected chi connectivity index (χ3v) is 5.48. The number of benzene rings is 2. The fourth-order valence-corrected chi connectivity index (χ4v) is 3.82. The van der Waals surface area contributed by atoms with E-state index in [0.717, 1.165) is 67.2 Å². The van der Waals surface area contributed by atoms with Gasteiger partial charge in [-0.15, -0.1) is 0 Å². The van der Waals surface area contributed by atoms with Gasteiger partial charge in [-0.1, -0.05) is 43.2 Å². The molecule has 6 heteroatoms. The molecule has 0 radical (unpaired) electrons. The summed E-state index contributed by atoms with van der Waals surface area (Å²) in [4.78, 5) is 16.6. The lowest BCUT2D eigenvalue weighted by Crippen LogP contribution is -2.37. The zero-order valence-corrected chi connectivity index (χ0v) is 17.9. The van der Waals surface area contributed by atoms with Gasteiger partial charge in [-0.3, -0.25) is 9.79 Å². The van der Waals surface area contributed by atoms with Crippen LogP contribution in [0.1, 0.15) is 36.8 Å². The summed E-state index contributed by atoms with van der Waals surface area (Å²) in [6.45, 7) is 1.37. The summed E-state index contributed by atoms with van der Waals surface area (Å²) >= 11 is 0. The topological polar surface area (TPSA) is 74.8 Å². The predicted molar refractivity (Wildman–Crippen MR) is 122 cm³/mol. The molecule has 0 atom stereocenters. The van der Waals surface area contributed by atoms with Crippen LogP contribution in [0.2, 0.25) is 0 Å². The lowest BCUT2D eigenvalue weighted by molar-refractivity contribution is -0.119. The quantitative estimate of drug-likeness (QED) is 0.460. The Morgan fingerprint density at radius 2 is 1.90 bits per heavy atom. The van der Waals surface area contributed by atoms with Crippen LogP contribution in [-0.4, -0.2) is 32.6 Å². The van der Waals surface area contributed by atoms with Gasteiger partial charge < -0.3 is 20.7 Å². The second kappa shape index (κ2) is 11.2. The lowest BCUT2D eigenvalue weighted by atomic mass is 10.1. The molecule has 2 aromatic carbocycles. The van der Waals surface area contributed by atoms with E-state index in [9.17, 15) is 4.79 Å². The molecule has 1 amide bonds. The standard InChI is InChI=1S/C24H32N4O2/c1-25-24(26-15-14-19-9-5-6-13-22(19)30-2)27-17-18-8-7-12-21(16-18)28-23(29)20-10-3-4-11-20/h5-9,12-13,16,20H,3-4,10-11,14-15,17H2,1-2H3,(H,28,29)(H2,25,26,27). The molecule has 1 saturated carbocycles. The maximum absolute atomic E-state index is 12.4. The maximum Gasteiger partial charge on any atom is 0.227 e. The van der Waals surface area contributed by atoms with E-state index in [-0.39, 0.29) is 11.8 Å². The van der Waals surface area contributed by atoms with Crippen molar-refractivity contribution in [3.05, 3.63) is 59.7 Å². The number of guanidine groups is 1. The highest BCUT2D eigenvalue weighted by Crippen LogP contribution is 2.26. The van der Waals surface area contributed by atoms with Gasteiger partial charge in [0.05, 0.1) is 7.11 Å². The molecule has 0 heterocycles. The van der Waals surface area contributed by atoms with Gasteiger partial charge in [0.1, 0.15) is 5.75 Å². The predicted octanol–water partition coefficient (Wildman–Crippen LogP) is 3.73. The van der Waals surface area contributed by atoms with Gasteiger partial charge in [0.2, 0.25) is 5.91 Å². The average Bonchev–Trinajstić information content (AvgIpc) is 3.32. The van der Waals surface area contributed by atoms with Gasteiger partial charge >= 0.3 is 0 Å². The number of aliphatic imine (C=N–C) groups is 1. The average molecular weight is 409 g/mol. The number of hydrogen-bond donors (Lipinski definition) is 3. The van der Waals surface area contributed by atoms with Gasteiger partial charge in [0.25, 0.3) is 0 Å². The third-order valence-electron chi connectivity index (χ3n) is 5.48. The van der Waals surface area contributed by atoms with E-state index in [1.165, 1.54) is 0 Å². The van der Waals surface area contributed by atoms with E-state index in [0.29, 0.717) is 6.54 Å². The number of ether oxygens (including phenoxy) is 1. The molecule has 160 valence electrons. The molecule has 0 bridgehead atoms. The Hall–Kier alpha value is -3.02. The molecular formula is C24H32N4O2. The highest BCUT2D eigenvalue weighted by atomic mass is 16.5. The number of amides is 1. The Bertz CT molecular complexity index is 860. The molecule has 2 aromatic rings. The molecule has 1 fully saturated rings. The largest absolute Gasteiger partial charge is 0.496 e. The van der Waals surface area contributed by atoms with Crippen molar-refractivity contribution in [1.82, 2.24) is 10.6 Å². The van der Waals surface area contributed by atoms with Crippen molar-refractivity contribution in [3.63, 3.8) is 0 Å². The molecule has 0 unspecified atom stereocenters. The minimum Gasteiger partial charge on any atom is -0.496 e. The number of nitrogens with one attached hydrogen (secondary N) is 3. The van der Waals surface area contributed by atoms with E-state index in [1.807, 2.05) is 42.5 Å². The normalized spacial score (nSPS) is 14.4. The number of rotatable bonds is 8. The van der Waals surface area contributed by atoms with Crippen LogP contribution in [0.15, 0.2) is 53.5 Å². The van der Waals surface area contributed by atoms with Crippen LogP contribution in [-0.2, 0) is 17.8 Å². The van der Waals surface area contributed by atoms with Crippen LogP contribution >= 0.6 is 0 Å². The van der Waals surface area contributed by atoms with Crippen molar-refractivity contribution in [2.24, 2.45) is 10.9 Å². The van der Waals surface area contributed by atoms with E-state index in [4.69, 9.17) is 4.74 Å². The summed E-state index contributed by atoms with van der Waals surface area (Å²) in [7, 11) is 3.45. The fraction of sp³-hybridized carbons (Fsp3) is 0.417. The van der Waals surface area contributed by atoms with Gasteiger partial charge in [-0.25, -0.2) is 0 Å². The monoisotopic (exact) mass is 408 g/mol. The first-order chi connectivity index (χ1) is 14.7. The summed E-state index contributed by atoms with van der Waals surface area (Å²) in [5.74, 6) is 1.95. The fourth-order valence-electron chi connectivity index (χ4n) is 3.82. The van der Waals surface area contributed by atoms with E-state index < -0.39 is 0 Å². The Labute approximate surface area is 179 Å². The Morgan fingerprint density at radius 3 is 2.67 bits per heavy atom. The number of hydrogen-bond acceptors (Lipinski definition) is 3. The van der Waals surface area contributed by atoms with Gasteiger partial charge in [0, 0.05) is 31.7 Å². The Morgan fingerprint density at radius 1 is 1.10 bits per heavy atom. The highest BCUT2D eigenvalue weighted by Gasteiger charge is 2.22. The molecule has 0 aromatic heterocycles. The van der Waals surface area contributed by atoms with Gasteiger partial charge in [-0.05, 0) is 48.6 Å². The van der Waals surface area contributed by atoms with Crippen LogP contribution in [0.5, 0.6) is 5.75 Å². The molecule has 0 saturated heterocycles. The molecule has 1 aliphatic rings. The second-order valence-electron chi connectivity index (χ2n) is 7.59.